The molecule has 1 atom stereocenters. The molecule has 0 aliphatic heterocycles. The molecule has 0 bridgehead atoms. The fourth-order valence-electron chi connectivity index (χ4n) is 6.13. The molecule has 0 saturated heterocycles. The topological polar surface area (TPSA) is 119 Å². The Morgan fingerprint density at radius 1 is 0.500 bits per heavy atom. The number of carbonyl (C=O) groups is 2. The van der Waals surface area contributed by atoms with Gasteiger partial charge in [0.2, 0.25) is 0 Å². The Morgan fingerprint density at radius 3 is 1.33 bits per heavy atom. The molecule has 8 nitrogen and oxygen atoms in total. The Kier molecular flexibility index (Phi) is 39.2. The third-order valence-corrected chi connectivity index (χ3v) is 9.85. The van der Waals surface area contributed by atoms with Gasteiger partial charge in [-0.1, -0.05) is 191 Å². The van der Waals surface area contributed by atoms with Crippen LogP contribution >= 0.6 is 7.82 Å². The van der Waals surface area contributed by atoms with E-state index in [0.29, 0.717) is 6.42 Å². The van der Waals surface area contributed by atoms with Crippen LogP contribution in [0.2, 0.25) is 0 Å². The van der Waals surface area contributed by atoms with E-state index in [9.17, 15) is 14.2 Å². The lowest BCUT2D eigenvalue weighted by atomic mass is 10.0. The molecule has 0 spiro atoms. The second-order valence-corrected chi connectivity index (χ2v) is 15.9. The molecular formula is C45H81O8P. The highest BCUT2D eigenvalue weighted by molar-refractivity contribution is 7.46. The summed E-state index contributed by atoms with van der Waals surface area (Å²) in [5, 5.41) is 0. The summed E-state index contributed by atoms with van der Waals surface area (Å²) in [6.45, 7) is 3.58. The number of carbonyl (C=O) groups excluding carboxylic acids is 2. The minimum absolute atomic E-state index is 0.196. The number of unbranched alkanes of at least 4 members (excludes halogenated alkanes) is 22. The number of phosphoric acid groups is 1. The van der Waals surface area contributed by atoms with Gasteiger partial charge in [0.15, 0.2) is 6.10 Å². The second-order valence-electron chi connectivity index (χ2n) is 14.6. The molecule has 0 aromatic rings. The average Bonchev–Trinajstić information content (AvgIpc) is 3.14. The molecule has 0 heterocycles. The highest BCUT2D eigenvalue weighted by Crippen LogP contribution is 2.36. The quantitative estimate of drug-likeness (QED) is 0.0273. The number of hydrogen-bond donors (Lipinski definition) is 2. The lowest BCUT2D eigenvalue weighted by molar-refractivity contribution is -0.161. The van der Waals surface area contributed by atoms with E-state index >= 15 is 0 Å². The third-order valence-electron chi connectivity index (χ3n) is 9.36. The number of hydrogen-bond acceptors (Lipinski definition) is 6. The fraction of sp³-hybridized carbons (Fsp3) is 0.778. The zero-order chi connectivity index (χ0) is 39.6. The van der Waals surface area contributed by atoms with Crippen molar-refractivity contribution in [2.24, 2.45) is 0 Å². The van der Waals surface area contributed by atoms with Gasteiger partial charge in [0.1, 0.15) is 6.61 Å². The highest BCUT2D eigenvalue weighted by atomic mass is 31.2. The average molecular weight is 781 g/mol. The first-order valence-corrected chi connectivity index (χ1v) is 23.5. The van der Waals surface area contributed by atoms with Crippen molar-refractivity contribution in [3.05, 3.63) is 48.6 Å². The lowest BCUT2D eigenvalue weighted by Crippen LogP contribution is -2.29. The second kappa shape index (κ2) is 40.7. The van der Waals surface area contributed by atoms with Gasteiger partial charge in [-0.25, -0.2) is 4.57 Å². The zero-order valence-corrected chi connectivity index (χ0v) is 35.5. The fourth-order valence-corrected chi connectivity index (χ4v) is 6.49. The lowest BCUT2D eigenvalue weighted by Gasteiger charge is -2.18. The number of esters is 2. The van der Waals surface area contributed by atoms with Crippen molar-refractivity contribution in [2.75, 3.05) is 13.2 Å². The van der Waals surface area contributed by atoms with Gasteiger partial charge in [-0.3, -0.25) is 14.1 Å². The van der Waals surface area contributed by atoms with E-state index in [1.807, 2.05) is 0 Å². The van der Waals surface area contributed by atoms with Crippen molar-refractivity contribution in [3.63, 3.8) is 0 Å². The van der Waals surface area contributed by atoms with Gasteiger partial charge in [0.05, 0.1) is 6.61 Å². The number of rotatable bonds is 40. The van der Waals surface area contributed by atoms with Gasteiger partial charge < -0.3 is 19.3 Å². The van der Waals surface area contributed by atoms with Crippen LogP contribution in [0.3, 0.4) is 0 Å². The Morgan fingerprint density at radius 2 is 0.889 bits per heavy atom. The molecule has 9 heteroatoms. The van der Waals surface area contributed by atoms with Crippen LogP contribution in [0.15, 0.2) is 48.6 Å². The highest BCUT2D eigenvalue weighted by Gasteiger charge is 2.22. The maximum absolute atomic E-state index is 12.4. The molecule has 1 unspecified atom stereocenters. The third kappa shape index (κ3) is 42.7. The molecule has 54 heavy (non-hydrogen) atoms. The minimum atomic E-state index is -4.76. The molecule has 0 saturated carbocycles. The summed E-state index contributed by atoms with van der Waals surface area (Å²) in [6, 6.07) is 0. The number of allylic oxidation sites excluding steroid dienone is 8. The molecule has 0 aliphatic rings. The Balaban J connectivity index is 3.91. The van der Waals surface area contributed by atoms with E-state index in [1.165, 1.54) is 89.9 Å². The first-order valence-electron chi connectivity index (χ1n) is 21.9. The Bertz CT molecular complexity index is 1020. The van der Waals surface area contributed by atoms with Crippen LogP contribution in [0.5, 0.6) is 0 Å². The van der Waals surface area contributed by atoms with Gasteiger partial charge >= 0.3 is 19.8 Å². The molecule has 0 rings (SSSR count). The van der Waals surface area contributed by atoms with Gasteiger partial charge in [-0.2, -0.15) is 0 Å². The molecule has 0 aliphatic carbocycles. The van der Waals surface area contributed by atoms with Crippen molar-refractivity contribution < 1.29 is 37.9 Å². The molecule has 0 amide bonds. The summed E-state index contributed by atoms with van der Waals surface area (Å²) in [5.74, 6) is -0.895. The van der Waals surface area contributed by atoms with Crippen LogP contribution in [0.4, 0.5) is 0 Å². The molecule has 0 radical (unpaired) electrons. The summed E-state index contributed by atoms with van der Waals surface area (Å²) < 4.78 is 26.4. The van der Waals surface area contributed by atoms with Crippen molar-refractivity contribution >= 4 is 19.8 Å². The van der Waals surface area contributed by atoms with Crippen molar-refractivity contribution in [1.82, 2.24) is 0 Å². The molecule has 0 aromatic heterocycles. The van der Waals surface area contributed by atoms with Gasteiger partial charge in [-0.05, 0) is 51.4 Å². The monoisotopic (exact) mass is 781 g/mol. The van der Waals surface area contributed by atoms with E-state index < -0.39 is 32.5 Å². The first kappa shape index (κ1) is 52.0. The number of phosphoric ester groups is 1. The normalized spacial score (nSPS) is 12.9. The largest absolute Gasteiger partial charge is 0.469 e. The molecular weight excluding hydrogens is 699 g/mol. The van der Waals surface area contributed by atoms with Gasteiger partial charge in [0, 0.05) is 12.8 Å². The van der Waals surface area contributed by atoms with Gasteiger partial charge in [0.25, 0.3) is 0 Å². The first-order chi connectivity index (χ1) is 26.3. The van der Waals surface area contributed by atoms with Crippen LogP contribution in [0.1, 0.15) is 206 Å². The molecule has 314 valence electrons. The van der Waals surface area contributed by atoms with Crippen LogP contribution in [0.25, 0.3) is 0 Å². The predicted molar refractivity (Wildman–Crippen MR) is 225 cm³/mol. The van der Waals surface area contributed by atoms with E-state index in [4.69, 9.17) is 19.3 Å². The standard InChI is InChI=1S/C45H81O8P/c1-3-5-7-9-11-13-15-17-19-21-22-24-26-28-30-32-34-36-38-40-45(47)53-43(42-52-54(48,49)50)41-51-44(46)39-37-35-33-31-29-27-25-23-20-18-16-14-12-10-8-6-4-2/h5,7,11,13,17,19,22,24,43H,3-4,6,8-10,12,14-16,18,20-21,23,25-42H2,1-2H3,(H2,48,49,50)/b7-5-,13-11-,19-17-,24-22-. The van der Waals surface area contributed by atoms with Crippen LogP contribution < -0.4 is 0 Å². The van der Waals surface area contributed by atoms with E-state index in [-0.39, 0.29) is 19.4 Å². The summed E-state index contributed by atoms with van der Waals surface area (Å²) in [6.07, 6.45) is 49.7. The Labute approximate surface area is 331 Å². The van der Waals surface area contributed by atoms with E-state index in [1.54, 1.807) is 0 Å². The maximum atomic E-state index is 12.4. The minimum Gasteiger partial charge on any atom is -0.462 e. The van der Waals surface area contributed by atoms with Crippen LogP contribution in [-0.2, 0) is 28.2 Å². The van der Waals surface area contributed by atoms with Crippen molar-refractivity contribution in [3.8, 4) is 0 Å². The van der Waals surface area contributed by atoms with Crippen molar-refractivity contribution in [1.29, 1.82) is 0 Å². The SMILES string of the molecule is CC/C=C\C/C=C\C/C=C\C/C=C\CCCCCCCCC(=O)OC(COC(=O)CCCCCCCCCCCCCCCCCCC)COP(=O)(O)O. The maximum Gasteiger partial charge on any atom is 0.469 e. The predicted octanol–water partition coefficient (Wildman–Crippen LogP) is 13.5. The smallest absolute Gasteiger partial charge is 0.462 e. The summed E-state index contributed by atoms with van der Waals surface area (Å²) in [4.78, 5) is 42.9. The van der Waals surface area contributed by atoms with E-state index in [2.05, 4.69) is 67.0 Å². The molecule has 2 N–H and O–H groups in total. The molecule has 0 fully saturated rings. The van der Waals surface area contributed by atoms with Gasteiger partial charge in [-0.15, -0.1) is 0 Å². The van der Waals surface area contributed by atoms with E-state index in [0.717, 1.165) is 83.5 Å². The van der Waals surface area contributed by atoms with Crippen LogP contribution in [0, 0.1) is 0 Å². The summed E-state index contributed by atoms with van der Waals surface area (Å²) >= 11 is 0. The van der Waals surface area contributed by atoms with Crippen molar-refractivity contribution in [2.45, 2.75) is 213 Å². The number of ether oxygens (including phenoxy) is 2. The summed E-state index contributed by atoms with van der Waals surface area (Å²) in [7, 11) is -4.76. The summed E-state index contributed by atoms with van der Waals surface area (Å²) in [5.41, 5.74) is 0. The van der Waals surface area contributed by atoms with Crippen LogP contribution in [-0.4, -0.2) is 41.0 Å². The zero-order valence-electron chi connectivity index (χ0n) is 34.6. The molecule has 0 aromatic carbocycles. The Hall–Kier alpha value is -1.99.